The number of aliphatic hydroxyl groups is 1. The van der Waals surface area contributed by atoms with Crippen LogP contribution >= 0.6 is 7.75 Å². The number of rotatable bonds is 9. The molecule has 0 spiro atoms. The number of fused-ring (bicyclic) bond motifs is 1. The van der Waals surface area contributed by atoms with E-state index in [-0.39, 0.29) is 11.6 Å². The molecule has 13 nitrogen and oxygen atoms in total. The molecule has 1 aliphatic carbocycles. The van der Waals surface area contributed by atoms with Crippen molar-refractivity contribution in [3.8, 4) is 11.8 Å². The Labute approximate surface area is 206 Å². The van der Waals surface area contributed by atoms with Gasteiger partial charge in [-0.15, -0.1) is 0 Å². The van der Waals surface area contributed by atoms with Gasteiger partial charge in [-0.2, -0.15) is 15.3 Å². The zero-order valence-corrected chi connectivity index (χ0v) is 20.6. The van der Waals surface area contributed by atoms with Crippen LogP contribution in [-0.4, -0.2) is 50.6 Å². The summed E-state index contributed by atoms with van der Waals surface area (Å²) in [5.74, 6) is -1.81. The smallest absolute Gasteiger partial charge is 0.459 e. The van der Waals surface area contributed by atoms with E-state index in [4.69, 9.17) is 24.3 Å². The van der Waals surface area contributed by atoms with Gasteiger partial charge in [0.1, 0.15) is 41.3 Å². The number of anilines is 1. The third-order valence-electron chi connectivity index (χ3n) is 5.69. The Hall–Kier alpha value is -3.27. The van der Waals surface area contributed by atoms with Crippen molar-refractivity contribution in [2.75, 3.05) is 5.73 Å². The molecule has 1 aliphatic heterocycles. The van der Waals surface area contributed by atoms with Crippen molar-refractivity contribution in [3.63, 3.8) is 0 Å². The first-order valence-corrected chi connectivity index (χ1v) is 12.7. The minimum Gasteiger partial charge on any atom is -0.462 e. The number of hydrogen-bond donors (Lipinski definition) is 3. The Morgan fingerprint density at radius 1 is 1.33 bits per heavy atom. The molecule has 1 saturated carbocycles. The molecule has 1 unspecified atom stereocenters. The molecular formula is C22H26N5O8P. The summed E-state index contributed by atoms with van der Waals surface area (Å²) in [6.07, 6.45) is -2.65. The normalized spacial score (nSPS) is 29.0. The molecule has 4 rings (SSSR count). The molecule has 1 aromatic heterocycles. The number of carbonyl (C=O) groups excluding carboxylic acids is 1. The molecule has 0 amide bonds. The molecule has 1 aromatic carbocycles. The summed E-state index contributed by atoms with van der Waals surface area (Å²) in [5, 5.41) is 23.5. The van der Waals surface area contributed by atoms with E-state index >= 15 is 0 Å². The maximum Gasteiger partial charge on any atom is 0.459 e. The van der Waals surface area contributed by atoms with Crippen molar-refractivity contribution in [3.05, 3.63) is 53.1 Å². The highest BCUT2D eigenvalue weighted by atomic mass is 31.2. The highest BCUT2D eigenvalue weighted by Crippen LogP contribution is 2.63. The van der Waals surface area contributed by atoms with Crippen LogP contribution in [-0.2, 0) is 23.4 Å². The van der Waals surface area contributed by atoms with E-state index in [0.717, 1.165) is 4.57 Å². The van der Waals surface area contributed by atoms with Gasteiger partial charge in [0.2, 0.25) is 0 Å². The molecule has 4 N–H and O–H groups in total. The van der Waals surface area contributed by atoms with Crippen molar-refractivity contribution in [1.82, 2.24) is 14.6 Å². The van der Waals surface area contributed by atoms with E-state index in [0.29, 0.717) is 0 Å². The molecule has 0 bridgehead atoms. The summed E-state index contributed by atoms with van der Waals surface area (Å²) < 4.78 is 36.9. The van der Waals surface area contributed by atoms with Crippen LogP contribution in [0.3, 0.4) is 0 Å². The van der Waals surface area contributed by atoms with Crippen molar-refractivity contribution < 1.29 is 33.0 Å². The standard InChI is InChI=1S/C22H26N5O8P/c1-12(2)32-20(28)13(3)26-36(31,34-14-7-5-4-6-8-14)35-18-17-22(18,30)15(11-23)19(33-17)27-10-9-16(24)25-21(27)29/h4-10,12-13,15,17-19,30H,1-3H3,(H,26,31)(H2,24,25,29)/t13-,15-,17+,18?,19+,22-,36-/m0/s1. The summed E-state index contributed by atoms with van der Waals surface area (Å²) in [6.45, 7) is 4.75. The zero-order chi connectivity index (χ0) is 26.3. The predicted molar refractivity (Wildman–Crippen MR) is 124 cm³/mol. The van der Waals surface area contributed by atoms with Crippen LogP contribution in [0.2, 0.25) is 0 Å². The second-order valence-corrected chi connectivity index (χ2v) is 10.4. The number of benzene rings is 1. The predicted octanol–water partition coefficient (Wildman–Crippen LogP) is 1.11. The summed E-state index contributed by atoms with van der Waals surface area (Å²) >= 11 is 0. The number of nitrogens with one attached hydrogen (secondary N) is 1. The van der Waals surface area contributed by atoms with Crippen LogP contribution < -0.4 is 21.0 Å². The van der Waals surface area contributed by atoms with Gasteiger partial charge in [-0.1, -0.05) is 18.2 Å². The van der Waals surface area contributed by atoms with Crippen molar-refractivity contribution in [2.45, 2.75) is 57.0 Å². The SMILES string of the molecule is CC(C)OC(=O)[C@H](C)N[P@](=O)(Oc1ccccc1)OC1[C@H]2O[C@@H](n3ccc(N)nc3=O)[C@H](C#N)[C@@]12O. The van der Waals surface area contributed by atoms with Gasteiger partial charge < -0.3 is 24.8 Å². The van der Waals surface area contributed by atoms with Crippen molar-refractivity contribution in [1.29, 1.82) is 5.26 Å². The average molecular weight is 519 g/mol. The van der Waals surface area contributed by atoms with Crippen LogP contribution in [0.5, 0.6) is 5.75 Å². The molecule has 1 saturated heterocycles. The van der Waals surface area contributed by atoms with Gasteiger partial charge in [-0.05, 0) is 39.0 Å². The van der Waals surface area contributed by atoms with Crippen molar-refractivity contribution in [2.24, 2.45) is 5.92 Å². The Morgan fingerprint density at radius 2 is 2.03 bits per heavy atom. The molecule has 2 aliphatic rings. The molecule has 36 heavy (non-hydrogen) atoms. The number of nitrogen functional groups attached to an aromatic ring is 1. The van der Waals surface area contributed by atoms with Gasteiger partial charge in [-0.3, -0.25) is 13.9 Å². The molecule has 0 radical (unpaired) electrons. The molecule has 14 heteroatoms. The Bertz CT molecular complexity index is 1280. The maximum absolute atomic E-state index is 13.8. The minimum absolute atomic E-state index is 0.0111. The molecule has 2 aromatic rings. The average Bonchev–Trinajstić information content (AvgIpc) is 3.20. The van der Waals surface area contributed by atoms with Gasteiger partial charge in [0.05, 0.1) is 12.2 Å². The van der Waals surface area contributed by atoms with Gasteiger partial charge in [0, 0.05) is 6.20 Å². The summed E-state index contributed by atoms with van der Waals surface area (Å²) in [5.41, 5.74) is 2.85. The van der Waals surface area contributed by atoms with E-state index in [1.165, 1.54) is 31.3 Å². The maximum atomic E-state index is 13.8. The third-order valence-corrected chi connectivity index (χ3v) is 7.35. The number of nitrogens with two attached hydrogens (primary N) is 1. The van der Waals surface area contributed by atoms with E-state index in [2.05, 4.69) is 10.1 Å². The summed E-state index contributed by atoms with van der Waals surface area (Å²) in [6, 6.07) is 10.3. The van der Waals surface area contributed by atoms with Crippen LogP contribution in [0.1, 0.15) is 27.0 Å². The first-order valence-electron chi connectivity index (χ1n) is 11.1. The second kappa shape index (κ2) is 9.65. The fourth-order valence-corrected chi connectivity index (χ4v) is 5.66. The number of hydrogen-bond acceptors (Lipinski definition) is 11. The number of para-hydroxylation sites is 1. The first kappa shape index (κ1) is 25.8. The van der Waals surface area contributed by atoms with Gasteiger partial charge in [0.25, 0.3) is 0 Å². The third kappa shape index (κ3) is 4.86. The Balaban J connectivity index is 1.56. The topological polar surface area (TPSA) is 188 Å². The number of carbonyl (C=O) groups is 1. The van der Waals surface area contributed by atoms with Crippen molar-refractivity contribution >= 4 is 19.5 Å². The number of ether oxygens (including phenoxy) is 2. The molecule has 2 fully saturated rings. The van der Waals surface area contributed by atoms with Crippen LogP contribution in [0.15, 0.2) is 47.4 Å². The Kier molecular flexibility index (Phi) is 6.92. The summed E-state index contributed by atoms with van der Waals surface area (Å²) in [7, 11) is -4.33. The second-order valence-electron chi connectivity index (χ2n) is 8.75. The van der Waals surface area contributed by atoms with Gasteiger partial charge >= 0.3 is 19.4 Å². The van der Waals surface area contributed by atoms with E-state index in [1.807, 2.05) is 6.07 Å². The number of nitriles is 1. The molecular weight excluding hydrogens is 493 g/mol. The van der Waals surface area contributed by atoms with Gasteiger partial charge in [0.15, 0.2) is 6.23 Å². The number of esters is 1. The van der Waals surface area contributed by atoms with Gasteiger partial charge in [-0.25, -0.2) is 9.36 Å². The van der Waals surface area contributed by atoms with Crippen LogP contribution in [0.25, 0.3) is 0 Å². The van der Waals surface area contributed by atoms with E-state index in [9.17, 15) is 24.5 Å². The molecule has 192 valence electrons. The first-order chi connectivity index (χ1) is 17.0. The highest BCUT2D eigenvalue weighted by Gasteiger charge is 2.79. The number of aromatic nitrogens is 2. The highest BCUT2D eigenvalue weighted by molar-refractivity contribution is 7.52. The fraction of sp³-hybridized carbons (Fsp3) is 0.455. The van der Waals surface area contributed by atoms with Crippen LogP contribution in [0, 0.1) is 17.2 Å². The fourth-order valence-electron chi connectivity index (χ4n) is 3.95. The monoisotopic (exact) mass is 519 g/mol. The van der Waals surface area contributed by atoms with E-state index in [1.54, 1.807) is 32.0 Å². The zero-order valence-electron chi connectivity index (χ0n) is 19.7. The summed E-state index contributed by atoms with van der Waals surface area (Å²) in [4.78, 5) is 28.2. The Morgan fingerprint density at radius 3 is 2.64 bits per heavy atom. The van der Waals surface area contributed by atoms with E-state index < -0.39 is 61.5 Å². The minimum atomic E-state index is -4.33. The number of nitrogens with zero attached hydrogens (tertiary/aromatic N) is 3. The molecule has 2 heterocycles. The van der Waals surface area contributed by atoms with Crippen LogP contribution in [0.4, 0.5) is 5.82 Å². The largest absolute Gasteiger partial charge is 0.462 e. The quantitative estimate of drug-likeness (QED) is 0.317. The lowest BCUT2D eigenvalue weighted by Gasteiger charge is -2.26. The lowest BCUT2D eigenvalue weighted by atomic mass is 10.0. The lowest BCUT2D eigenvalue weighted by molar-refractivity contribution is -0.149. The lowest BCUT2D eigenvalue weighted by Crippen LogP contribution is -2.39. The molecule has 7 atom stereocenters.